The second-order valence-electron chi connectivity index (χ2n) is 2.92. The van der Waals surface area contributed by atoms with E-state index in [0.717, 1.165) is 11.6 Å². The summed E-state index contributed by atoms with van der Waals surface area (Å²) < 4.78 is 0. The molecule has 3 heteroatoms. The SMILES string of the molecule is Cc1ccc(C=O)c(C=CC(=O)O)c1. The molecular formula is C11H10O3. The molecule has 0 radical (unpaired) electrons. The third kappa shape index (κ3) is 2.55. The Kier molecular flexibility index (Phi) is 3.18. The number of hydrogen-bond donors (Lipinski definition) is 1. The first-order valence-corrected chi connectivity index (χ1v) is 4.10. The molecule has 0 aliphatic heterocycles. The Labute approximate surface area is 81.7 Å². The molecular weight excluding hydrogens is 180 g/mol. The van der Waals surface area contributed by atoms with Gasteiger partial charge in [-0.05, 0) is 18.6 Å². The van der Waals surface area contributed by atoms with Gasteiger partial charge in [0.2, 0.25) is 0 Å². The van der Waals surface area contributed by atoms with Crippen molar-refractivity contribution in [2.75, 3.05) is 0 Å². The molecule has 0 unspecified atom stereocenters. The zero-order chi connectivity index (χ0) is 10.6. The lowest BCUT2D eigenvalue weighted by molar-refractivity contribution is -0.131. The first-order valence-electron chi connectivity index (χ1n) is 4.10. The number of benzene rings is 1. The van der Waals surface area contributed by atoms with Crippen LogP contribution in [-0.4, -0.2) is 17.4 Å². The molecule has 0 aliphatic rings. The van der Waals surface area contributed by atoms with Gasteiger partial charge in [-0.25, -0.2) is 4.79 Å². The quantitative estimate of drug-likeness (QED) is 0.585. The van der Waals surface area contributed by atoms with E-state index in [9.17, 15) is 9.59 Å². The minimum Gasteiger partial charge on any atom is -0.478 e. The zero-order valence-corrected chi connectivity index (χ0v) is 7.73. The monoisotopic (exact) mass is 190 g/mol. The van der Waals surface area contributed by atoms with Gasteiger partial charge in [-0.3, -0.25) is 4.79 Å². The lowest BCUT2D eigenvalue weighted by Gasteiger charge is -1.99. The number of carboxylic acids is 1. The molecule has 0 fully saturated rings. The molecule has 72 valence electrons. The minimum atomic E-state index is -1.02. The van der Waals surface area contributed by atoms with Gasteiger partial charge in [0.25, 0.3) is 0 Å². The normalized spacial score (nSPS) is 10.4. The lowest BCUT2D eigenvalue weighted by atomic mass is 10.1. The van der Waals surface area contributed by atoms with Crippen molar-refractivity contribution in [1.29, 1.82) is 0 Å². The maximum atomic E-state index is 10.6. The van der Waals surface area contributed by atoms with Crippen LogP contribution in [-0.2, 0) is 4.79 Å². The van der Waals surface area contributed by atoms with Crippen molar-refractivity contribution in [3.63, 3.8) is 0 Å². The third-order valence-electron chi connectivity index (χ3n) is 1.77. The van der Waals surface area contributed by atoms with Crippen LogP contribution in [0.2, 0.25) is 0 Å². The lowest BCUT2D eigenvalue weighted by Crippen LogP contribution is -1.90. The Bertz CT molecular complexity index is 392. The van der Waals surface area contributed by atoms with E-state index in [1.807, 2.05) is 13.0 Å². The highest BCUT2D eigenvalue weighted by atomic mass is 16.4. The van der Waals surface area contributed by atoms with Crippen molar-refractivity contribution in [2.45, 2.75) is 6.92 Å². The highest BCUT2D eigenvalue weighted by Gasteiger charge is 1.98. The van der Waals surface area contributed by atoms with Crippen LogP contribution in [0.4, 0.5) is 0 Å². The van der Waals surface area contributed by atoms with Gasteiger partial charge >= 0.3 is 5.97 Å². The van der Waals surface area contributed by atoms with E-state index in [1.54, 1.807) is 12.1 Å². The van der Waals surface area contributed by atoms with Crippen molar-refractivity contribution in [1.82, 2.24) is 0 Å². The Morgan fingerprint density at radius 3 is 2.64 bits per heavy atom. The largest absolute Gasteiger partial charge is 0.478 e. The number of rotatable bonds is 3. The average Bonchev–Trinajstić information content (AvgIpc) is 2.15. The van der Waals surface area contributed by atoms with Crippen LogP contribution in [0, 0.1) is 6.92 Å². The Hall–Kier alpha value is -1.90. The first kappa shape index (κ1) is 10.2. The summed E-state index contributed by atoms with van der Waals surface area (Å²) in [6.07, 6.45) is 3.14. The Morgan fingerprint density at radius 1 is 1.36 bits per heavy atom. The molecule has 0 atom stereocenters. The van der Waals surface area contributed by atoms with Crippen molar-refractivity contribution >= 4 is 18.3 Å². The molecule has 0 spiro atoms. The maximum absolute atomic E-state index is 10.6. The number of hydrogen-bond acceptors (Lipinski definition) is 2. The van der Waals surface area contributed by atoms with E-state index < -0.39 is 5.97 Å². The van der Waals surface area contributed by atoms with Gasteiger partial charge in [0.05, 0.1) is 0 Å². The number of carboxylic acid groups (broad SMARTS) is 1. The van der Waals surface area contributed by atoms with Gasteiger partial charge in [-0.2, -0.15) is 0 Å². The van der Waals surface area contributed by atoms with E-state index in [4.69, 9.17) is 5.11 Å². The predicted octanol–water partition coefficient (Wildman–Crippen LogP) is 1.91. The van der Waals surface area contributed by atoms with Gasteiger partial charge < -0.3 is 5.11 Å². The fourth-order valence-corrected chi connectivity index (χ4v) is 1.11. The number of aldehydes is 1. The second kappa shape index (κ2) is 4.37. The minimum absolute atomic E-state index is 0.494. The maximum Gasteiger partial charge on any atom is 0.328 e. The summed E-state index contributed by atoms with van der Waals surface area (Å²) in [5, 5.41) is 8.43. The van der Waals surface area contributed by atoms with Crippen LogP contribution < -0.4 is 0 Å². The highest BCUT2D eigenvalue weighted by Crippen LogP contribution is 2.11. The summed E-state index contributed by atoms with van der Waals surface area (Å²) in [6, 6.07) is 5.24. The molecule has 0 amide bonds. The number of aryl methyl sites for hydroxylation is 1. The fourth-order valence-electron chi connectivity index (χ4n) is 1.11. The van der Waals surface area contributed by atoms with E-state index in [2.05, 4.69) is 0 Å². The Morgan fingerprint density at radius 2 is 2.07 bits per heavy atom. The summed E-state index contributed by atoms with van der Waals surface area (Å²) in [5.74, 6) is -1.02. The van der Waals surface area contributed by atoms with Gasteiger partial charge in [-0.1, -0.05) is 23.8 Å². The van der Waals surface area contributed by atoms with Crippen molar-refractivity contribution < 1.29 is 14.7 Å². The van der Waals surface area contributed by atoms with Crippen LogP contribution in [0.25, 0.3) is 6.08 Å². The smallest absolute Gasteiger partial charge is 0.328 e. The van der Waals surface area contributed by atoms with Gasteiger partial charge in [-0.15, -0.1) is 0 Å². The molecule has 1 aromatic carbocycles. The van der Waals surface area contributed by atoms with E-state index in [-0.39, 0.29) is 0 Å². The fraction of sp³-hybridized carbons (Fsp3) is 0.0909. The molecule has 3 nitrogen and oxygen atoms in total. The highest BCUT2D eigenvalue weighted by molar-refractivity contribution is 5.89. The number of carbonyl (C=O) groups excluding carboxylic acids is 1. The molecule has 1 N–H and O–H groups in total. The third-order valence-corrected chi connectivity index (χ3v) is 1.77. The molecule has 0 saturated heterocycles. The summed E-state index contributed by atoms with van der Waals surface area (Å²) >= 11 is 0. The summed E-state index contributed by atoms with van der Waals surface area (Å²) in [6.45, 7) is 1.88. The zero-order valence-electron chi connectivity index (χ0n) is 7.73. The standard InChI is InChI=1S/C11H10O3/c1-8-2-3-10(7-12)9(6-8)4-5-11(13)14/h2-7H,1H3,(H,13,14). The topological polar surface area (TPSA) is 54.4 Å². The summed E-state index contributed by atoms with van der Waals surface area (Å²) in [7, 11) is 0. The van der Waals surface area contributed by atoms with E-state index in [1.165, 1.54) is 6.08 Å². The molecule has 0 aromatic heterocycles. The van der Waals surface area contributed by atoms with Crippen LogP contribution in [0.15, 0.2) is 24.3 Å². The predicted molar refractivity (Wildman–Crippen MR) is 53.2 cm³/mol. The van der Waals surface area contributed by atoms with Crippen molar-refractivity contribution in [3.05, 3.63) is 41.0 Å². The van der Waals surface area contributed by atoms with Crippen LogP contribution in [0.5, 0.6) is 0 Å². The van der Waals surface area contributed by atoms with Gasteiger partial charge in [0.15, 0.2) is 6.29 Å². The second-order valence-corrected chi connectivity index (χ2v) is 2.92. The summed E-state index contributed by atoms with van der Waals surface area (Å²) in [5.41, 5.74) is 2.11. The number of carbonyl (C=O) groups is 2. The van der Waals surface area contributed by atoms with Crippen LogP contribution in [0.1, 0.15) is 21.5 Å². The molecule has 0 heterocycles. The molecule has 0 saturated carbocycles. The molecule has 14 heavy (non-hydrogen) atoms. The molecule has 0 aliphatic carbocycles. The summed E-state index contributed by atoms with van der Waals surface area (Å²) in [4.78, 5) is 20.9. The van der Waals surface area contributed by atoms with Gasteiger partial charge in [0.1, 0.15) is 0 Å². The van der Waals surface area contributed by atoms with Crippen molar-refractivity contribution in [3.8, 4) is 0 Å². The van der Waals surface area contributed by atoms with E-state index in [0.29, 0.717) is 17.4 Å². The molecule has 1 rings (SSSR count). The molecule has 0 bridgehead atoms. The van der Waals surface area contributed by atoms with Crippen molar-refractivity contribution in [2.24, 2.45) is 0 Å². The first-order chi connectivity index (χ1) is 6.63. The van der Waals surface area contributed by atoms with Crippen LogP contribution in [0.3, 0.4) is 0 Å². The van der Waals surface area contributed by atoms with E-state index >= 15 is 0 Å². The van der Waals surface area contributed by atoms with Crippen LogP contribution >= 0.6 is 0 Å². The average molecular weight is 190 g/mol. The Balaban J connectivity index is 3.10. The van der Waals surface area contributed by atoms with Gasteiger partial charge in [0, 0.05) is 11.6 Å². The number of aliphatic carboxylic acids is 1. The molecule has 1 aromatic rings.